The molecule has 0 spiro atoms. The van der Waals surface area contributed by atoms with Crippen LogP contribution in [0.25, 0.3) is 0 Å². The largest absolute Gasteiger partial charge is 0.324 e. The van der Waals surface area contributed by atoms with E-state index >= 15 is 0 Å². The van der Waals surface area contributed by atoms with Crippen LogP contribution in [0.1, 0.15) is 58.9 Å². The molecule has 0 aromatic heterocycles. The quantitative estimate of drug-likeness (QED) is 0.780. The van der Waals surface area contributed by atoms with Gasteiger partial charge in [0.05, 0.1) is 0 Å². The molecule has 1 aromatic carbocycles. The first-order chi connectivity index (χ1) is 8.10. The fourth-order valence-electron chi connectivity index (χ4n) is 3.33. The Morgan fingerprint density at radius 2 is 1.29 bits per heavy atom. The van der Waals surface area contributed by atoms with Gasteiger partial charge in [-0.15, -0.1) is 0 Å². The highest BCUT2D eigenvalue weighted by molar-refractivity contribution is 5.30. The van der Waals surface area contributed by atoms with Crippen LogP contribution in [0.3, 0.4) is 0 Å². The van der Waals surface area contributed by atoms with Crippen LogP contribution in [0.5, 0.6) is 0 Å². The third kappa shape index (κ3) is 2.26. The SMILES string of the molecule is CCC(N)(CC)C(CC)(CC)c1ccccc1. The van der Waals surface area contributed by atoms with Crippen LogP contribution < -0.4 is 5.73 Å². The topological polar surface area (TPSA) is 26.0 Å². The van der Waals surface area contributed by atoms with Gasteiger partial charge in [-0.05, 0) is 31.2 Å². The first-order valence-corrected chi connectivity index (χ1v) is 6.94. The molecule has 0 amide bonds. The van der Waals surface area contributed by atoms with Gasteiger partial charge in [-0.1, -0.05) is 58.0 Å². The smallest absolute Gasteiger partial charge is 0.0246 e. The molecule has 0 bridgehead atoms. The average molecular weight is 233 g/mol. The predicted molar refractivity (Wildman–Crippen MR) is 76.2 cm³/mol. The molecule has 1 heteroatoms. The lowest BCUT2D eigenvalue weighted by molar-refractivity contribution is 0.183. The van der Waals surface area contributed by atoms with Gasteiger partial charge in [0.25, 0.3) is 0 Å². The standard InChI is InChI=1S/C16H27N/c1-5-15(6-2,16(17,7-3)8-4)14-12-10-9-11-13-14/h9-13H,5-8,17H2,1-4H3. The van der Waals surface area contributed by atoms with Crippen molar-refractivity contribution in [3.05, 3.63) is 35.9 Å². The summed E-state index contributed by atoms with van der Waals surface area (Å²) in [7, 11) is 0. The van der Waals surface area contributed by atoms with Crippen LogP contribution in [0.15, 0.2) is 30.3 Å². The van der Waals surface area contributed by atoms with Gasteiger partial charge in [0.15, 0.2) is 0 Å². The van der Waals surface area contributed by atoms with Crippen molar-refractivity contribution < 1.29 is 0 Å². The molecule has 0 aliphatic heterocycles. The summed E-state index contributed by atoms with van der Waals surface area (Å²) in [6, 6.07) is 10.8. The Morgan fingerprint density at radius 3 is 1.65 bits per heavy atom. The predicted octanol–water partition coefficient (Wildman–Crippen LogP) is 4.26. The van der Waals surface area contributed by atoms with Crippen LogP contribution in [0.4, 0.5) is 0 Å². The number of nitrogens with two attached hydrogens (primary N) is 1. The molecule has 0 radical (unpaired) electrons. The second-order valence-electron chi connectivity index (χ2n) is 5.02. The third-order valence-electron chi connectivity index (χ3n) is 4.75. The second kappa shape index (κ2) is 5.68. The summed E-state index contributed by atoms with van der Waals surface area (Å²) in [4.78, 5) is 0. The molecule has 96 valence electrons. The summed E-state index contributed by atoms with van der Waals surface area (Å²) in [5.74, 6) is 0. The van der Waals surface area contributed by atoms with Gasteiger partial charge in [-0.25, -0.2) is 0 Å². The van der Waals surface area contributed by atoms with Crippen LogP contribution in [-0.4, -0.2) is 5.54 Å². The Labute approximate surface area is 106 Å². The maximum absolute atomic E-state index is 6.73. The molecule has 0 saturated heterocycles. The van der Waals surface area contributed by atoms with E-state index in [1.165, 1.54) is 5.56 Å². The summed E-state index contributed by atoms with van der Waals surface area (Å²) in [5.41, 5.74) is 8.14. The first kappa shape index (κ1) is 14.2. The zero-order valence-corrected chi connectivity index (χ0v) is 11.8. The molecule has 1 nitrogen and oxygen atoms in total. The van der Waals surface area contributed by atoms with Crippen molar-refractivity contribution in [2.45, 2.75) is 64.3 Å². The lowest BCUT2D eigenvalue weighted by Gasteiger charge is -2.48. The Hall–Kier alpha value is -0.820. The first-order valence-electron chi connectivity index (χ1n) is 6.94. The zero-order chi connectivity index (χ0) is 12.9. The molecule has 0 heterocycles. The van der Waals surface area contributed by atoms with Crippen molar-refractivity contribution in [3.63, 3.8) is 0 Å². The van der Waals surface area contributed by atoms with E-state index in [1.807, 2.05) is 0 Å². The normalized spacial score (nSPS) is 12.8. The Balaban J connectivity index is 3.32. The van der Waals surface area contributed by atoms with E-state index in [2.05, 4.69) is 58.0 Å². The van der Waals surface area contributed by atoms with Gasteiger partial charge in [0.1, 0.15) is 0 Å². The van der Waals surface area contributed by atoms with Crippen molar-refractivity contribution in [2.24, 2.45) is 5.73 Å². The van der Waals surface area contributed by atoms with Gasteiger partial charge >= 0.3 is 0 Å². The maximum Gasteiger partial charge on any atom is 0.0246 e. The summed E-state index contributed by atoms with van der Waals surface area (Å²) in [6.45, 7) is 8.96. The minimum Gasteiger partial charge on any atom is -0.324 e. The summed E-state index contributed by atoms with van der Waals surface area (Å²) in [5, 5.41) is 0. The molecular formula is C16H27N. The summed E-state index contributed by atoms with van der Waals surface area (Å²) < 4.78 is 0. The molecular weight excluding hydrogens is 206 g/mol. The van der Waals surface area contributed by atoms with Crippen molar-refractivity contribution in [1.82, 2.24) is 0 Å². The fraction of sp³-hybridized carbons (Fsp3) is 0.625. The number of rotatable bonds is 6. The molecule has 0 atom stereocenters. The minimum absolute atomic E-state index is 0.0994. The third-order valence-corrected chi connectivity index (χ3v) is 4.75. The van der Waals surface area contributed by atoms with Crippen molar-refractivity contribution in [3.8, 4) is 0 Å². The maximum atomic E-state index is 6.73. The molecule has 1 rings (SSSR count). The Kier molecular flexibility index (Phi) is 4.76. The lowest BCUT2D eigenvalue weighted by Crippen LogP contribution is -2.57. The van der Waals surface area contributed by atoms with Crippen LogP contribution in [0.2, 0.25) is 0 Å². The van der Waals surface area contributed by atoms with Crippen molar-refractivity contribution in [1.29, 1.82) is 0 Å². The van der Waals surface area contributed by atoms with Gasteiger partial charge in [0, 0.05) is 11.0 Å². The van der Waals surface area contributed by atoms with E-state index in [-0.39, 0.29) is 11.0 Å². The van der Waals surface area contributed by atoms with E-state index in [0.29, 0.717) is 0 Å². The lowest BCUT2D eigenvalue weighted by atomic mass is 9.60. The number of hydrogen-bond acceptors (Lipinski definition) is 1. The monoisotopic (exact) mass is 233 g/mol. The zero-order valence-electron chi connectivity index (χ0n) is 11.8. The van der Waals surface area contributed by atoms with Crippen molar-refractivity contribution >= 4 is 0 Å². The highest BCUT2D eigenvalue weighted by Gasteiger charge is 2.44. The van der Waals surface area contributed by atoms with Gasteiger partial charge in [0.2, 0.25) is 0 Å². The molecule has 0 saturated carbocycles. The number of hydrogen-bond donors (Lipinski definition) is 1. The highest BCUT2D eigenvalue weighted by atomic mass is 14.8. The molecule has 2 N–H and O–H groups in total. The van der Waals surface area contributed by atoms with E-state index in [0.717, 1.165) is 25.7 Å². The summed E-state index contributed by atoms with van der Waals surface area (Å²) in [6.07, 6.45) is 4.26. The van der Waals surface area contributed by atoms with E-state index in [9.17, 15) is 0 Å². The molecule has 0 aliphatic rings. The van der Waals surface area contributed by atoms with E-state index < -0.39 is 0 Å². The van der Waals surface area contributed by atoms with Gasteiger partial charge in [-0.3, -0.25) is 0 Å². The van der Waals surface area contributed by atoms with Crippen molar-refractivity contribution in [2.75, 3.05) is 0 Å². The minimum atomic E-state index is -0.0994. The second-order valence-corrected chi connectivity index (χ2v) is 5.02. The molecule has 0 fully saturated rings. The Morgan fingerprint density at radius 1 is 0.824 bits per heavy atom. The molecule has 17 heavy (non-hydrogen) atoms. The van der Waals surface area contributed by atoms with Crippen LogP contribution in [-0.2, 0) is 5.41 Å². The number of benzene rings is 1. The fourth-order valence-corrected chi connectivity index (χ4v) is 3.33. The van der Waals surface area contributed by atoms with Gasteiger partial charge in [-0.2, -0.15) is 0 Å². The molecule has 1 aromatic rings. The summed E-state index contributed by atoms with van der Waals surface area (Å²) >= 11 is 0. The van der Waals surface area contributed by atoms with Gasteiger partial charge < -0.3 is 5.73 Å². The van der Waals surface area contributed by atoms with E-state index in [1.54, 1.807) is 0 Å². The van der Waals surface area contributed by atoms with E-state index in [4.69, 9.17) is 5.73 Å². The molecule has 0 aliphatic carbocycles. The average Bonchev–Trinajstić information content (AvgIpc) is 2.41. The van der Waals surface area contributed by atoms with Crippen LogP contribution >= 0.6 is 0 Å². The Bertz CT molecular complexity index is 321. The highest BCUT2D eigenvalue weighted by Crippen LogP contribution is 2.43. The van der Waals surface area contributed by atoms with Crippen LogP contribution in [0, 0.1) is 0 Å². The molecule has 0 unspecified atom stereocenters.